The first-order valence-corrected chi connectivity index (χ1v) is 4.95. The van der Waals surface area contributed by atoms with Gasteiger partial charge in [-0.25, -0.2) is 0 Å². The molecule has 0 heterocycles. The van der Waals surface area contributed by atoms with Crippen molar-refractivity contribution in [1.29, 1.82) is 0 Å². The number of unbranched alkanes of at least 4 members (excludes halogenated alkanes) is 3. The molecule has 74 valence electrons. The lowest BCUT2D eigenvalue weighted by atomic mass is 10.2. The van der Waals surface area contributed by atoms with Gasteiger partial charge in [-0.2, -0.15) is 0 Å². The second-order valence-electron chi connectivity index (χ2n) is 3.40. The van der Waals surface area contributed by atoms with Crippen LogP contribution in [0.3, 0.4) is 0 Å². The number of ether oxygens (including phenoxy) is 1. The molecule has 0 saturated carbocycles. The maximum atomic E-state index is 11.9. The maximum absolute atomic E-state index is 11.9. The summed E-state index contributed by atoms with van der Waals surface area (Å²) in [4.78, 5) is 0. The van der Waals surface area contributed by atoms with Crippen molar-refractivity contribution in [1.82, 2.24) is 0 Å². The van der Waals surface area contributed by atoms with Crippen LogP contribution in [0.25, 0.3) is 0 Å². The van der Waals surface area contributed by atoms with Crippen LogP contribution >= 0.6 is 0 Å². The van der Waals surface area contributed by atoms with E-state index in [-0.39, 0.29) is 12.6 Å². The minimum Gasteiger partial charge on any atom is -0.381 e. The lowest BCUT2D eigenvalue weighted by Crippen LogP contribution is -2.08. The Balaban J connectivity index is 2.90. The highest BCUT2D eigenvalue weighted by Gasteiger charge is 1.99. The molecule has 2 heteroatoms. The van der Waals surface area contributed by atoms with Crippen LogP contribution in [-0.4, -0.2) is 19.9 Å². The minimum absolute atomic E-state index is 0.0659. The second-order valence-corrected chi connectivity index (χ2v) is 3.40. The summed E-state index contributed by atoms with van der Waals surface area (Å²) in [7, 11) is 0. The summed E-state index contributed by atoms with van der Waals surface area (Å²) in [6.07, 6.45) is 4.89. The topological polar surface area (TPSA) is 9.23 Å². The highest BCUT2D eigenvalue weighted by molar-refractivity contribution is 4.47. The summed E-state index contributed by atoms with van der Waals surface area (Å²) in [6.45, 7) is 5.15. The van der Waals surface area contributed by atoms with Crippen molar-refractivity contribution in [3.05, 3.63) is 0 Å². The monoisotopic (exact) mass is 176 g/mol. The number of halogens is 1. The van der Waals surface area contributed by atoms with E-state index in [4.69, 9.17) is 4.74 Å². The van der Waals surface area contributed by atoms with E-state index in [0.717, 1.165) is 13.0 Å². The van der Waals surface area contributed by atoms with E-state index in [1.165, 1.54) is 19.3 Å². The Labute approximate surface area is 75.3 Å². The van der Waals surface area contributed by atoms with Gasteiger partial charge >= 0.3 is 0 Å². The molecule has 0 aliphatic carbocycles. The summed E-state index contributed by atoms with van der Waals surface area (Å²) in [6, 6.07) is 0. The quantitative estimate of drug-likeness (QED) is 0.516. The van der Waals surface area contributed by atoms with E-state index in [1.54, 1.807) is 0 Å². The Kier molecular flexibility index (Phi) is 8.90. The molecule has 0 amide bonds. The van der Waals surface area contributed by atoms with Crippen LogP contribution in [0.5, 0.6) is 0 Å². The fourth-order valence-corrected chi connectivity index (χ4v) is 0.960. The molecule has 0 aromatic heterocycles. The smallest absolute Gasteiger partial charge is 0.0941 e. The van der Waals surface area contributed by atoms with Gasteiger partial charge in [0, 0.05) is 12.5 Å². The fourth-order valence-electron chi connectivity index (χ4n) is 0.960. The predicted molar refractivity (Wildman–Crippen MR) is 50.1 cm³/mol. The maximum Gasteiger partial charge on any atom is 0.0941 e. The summed E-state index contributed by atoms with van der Waals surface area (Å²) >= 11 is 0. The first-order chi connectivity index (χ1) is 5.81. The minimum atomic E-state index is -0.269. The first kappa shape index (κ1) is 11.9. The zero-order valence-electron chi connectivity index (χ0n) is 8.31. The zero-order valence-corrected chi connectivity index (χ0v) is 8.31. The number of hydrogen-bond acceptors (Lipinski definition) is 1. The van der Waals surface area contributed by atoms with Gasteiger partial charge in [0.25, 0.3) is 0 Å². The summed E-state index contributed by atoms with van der Waals surface area (Å²) in [5.74, 6) is 0.0659. The van der Waals surface area contributed by atoms with Gasteiger partial charge in [0.2, 0.25) is 0 Å². The van der Waals surface area contributed by atoms with Crippen molar-refractivity contribution >= 4 is 0 Å². The molecule has 0 rings (SSSR count). The molecular formula is C10H21FO. The Morgan fingerprint density at radius 2 is 2.00 bits per heavy atom. The normalized spacial score (nSPS) is 13.2. The third kappa shape index (κ3) is 7.99. The average molecular weight is 176 g/mol. The largest absolute Gasteiger partial charge is 0.381 e. The van der Waals surface area contributed by atoms with E-state index >= 15 is 0 Å². The van der Waals surface area contributed by atoms with E-state index in [0.29, 0.717) is 6.61 Å². The third-order valence-corrected chi connectivity index (χ3v) is 1.81. The molecular weight excluding hydrogens is 155 g/mol. The van der Waals surface area contributed by atoms with Crippen molar-refractivity contribution < 1.29 is 9.13 Å². The van der Waals surface area contributed by atoms with Crippen molar-refractivity contribution in [2.24, 2.45) is 5.92 Å². The molecule has 0 aromatic rings. The molecule has 0 bridgehead atoms. The Hall–Kier alpha value is -0.110. The highest BCUT2D eigenvalue weighted by Crippen LogP contribution is 2.01. The van der Waals surface area contributed by atoms with Crippen LogP contribution < -0.4 is 0 Å². The third-order valence-electron chi connectivity index (χ3n) is 1.81. The number of rotatable bonds is 8. The number of hydrogen-bond donors (Lipinski definition) is 0. The van der Waals surface area contributed by atoms with Gasteiger partial charge in [0.1, 0.15) is 0 Å². The molecule has 0 spiro atoms. The SMILES string of the molecule is CCCCCCOCC(C)CF. The van der Waals surface area contributed by atoms with Crippen LogP contribution in [0.2, 0.25) is 0 Å². The van der Waals surface area contributed by atoms with Crippen molar-refractivity contribution in [2.75, 3.05) is 19.9 Å². The van der Waals surface area contributed by atoms with Crippen LogP contribution in [0.15, 0.2) is 0 Å². The van der Waals surface area contributed by atoms with E-state index < -0.39 is 0 Å². The molecule has 0 aliphatic rings. The Morgan fingerprint density at radius 3 is 2.58 bits per heavy atom. The van der Waals surface area contributed by atoms with Gasteiger partial charge < -0.3 is 4.74 Å². The molecule has 1 atom stereocenters. The Morgan fingerprint density at radius 1 is 1.25 bits per heavy atom. The van der Waals surface area contributed by atoms with Gasteiger partial charge in [0.05, 0.1) is 13.3 Å². The van der Waals surface area contributed by atoms with Gasteiger partial charge in [-0.1, -0.05) is 33.1 Å². The highest BCUT2D eigenvalue weighted by atomic mass is 19.1. The molecule has 0 N–H and O–H groups in total. The molecule has 0 aliphatic heterocycles. The molecule has 0 radical (unpaired) electrons. The predicted octanol–water partition coefficient (Wildman–Crippen LogP) is 3.19. The van der Waals surface area contributed by atoms with Gasteiger partial charge in [0.15, 0.2) is 0 Å². The van der Waals surface area contributed by atoms with Crippen molar-refractivity contribution in [3.8, 4) is 0 Å². The molecule has 0 fully saturated rings. The van der Waals surface area contributed by atoms with Gasteiger partial charge in [-0.05, 0) is 6.42 Å². The lowest BCUT2D eigenvalue weighted by Gasteiger charge is -2.07. The number of alkyl halides is 1. The van der Waals surface area contributed by atoms with Crippen LogP contribution in [0, 0.1) is 5.92 Å². The van der Waals surface area contributed by atoms with E-state index in [1.807, 2.05) is 6.92 Å². The van der Waals surface area contributed by atoms with Crippen molar-refractivity contribution in [3.63, 3.8) is 0 Å². The molecule has 12 heavy (non-hydrogen) atoms. The van der Waals surface area contributed by atoms with E-state index in [2.05, 4.69) is 6.92 Å². The average Bonchev–Trinajstić information content (AvgIpc) is 2.10. The second kappa shape index (κ2) is 8.98. The summed E-state index contributed by atoms with van der Waals surface area (Å²) < 4.78 is 17.2. The van der Waals surface area contributed by atoms with Crippen molar-refractivity contribution in [2.45, 2.75) is 39.5 Å². The van der Waals surface area contributed by atoms with Gasteiger partial charge in [-0.15, -0.1) is 0 Å². The molecule has 1 nitrogen and oxygen atoms in total. The first-order valence-electron chi connectivity index (χ1n) is 4.95. The lowest BCUT2D eigenvalue weighted by molar-refractivity contribution is 0.0925. The van der Waals surface area contributed by atoms with E-state index in [9.17, 15) is 4.39 Å². The van der Waals surface area contributed by atoms with Gasteiger partial charge in [-0.3, -0.25) is 4.39 Å². The molecule has 0 aromatic carbocycles. The summed E-state index contributed by atoms with van der Waals surface area (Å²) in [5.41, 5.74) is 0. The zero-order chi connectivity index (χ0) is 9.23. The Bertz CT molecular complexity index is 85.9. The van der Waals surface area contributed by atoms with Crippen LogP contribution in [-0.2, 0) is 4.74 Å². The fraction of sp³-hybridized carbons (Fsp3) is 1.00. The van der Waals surface area contributed by atoms with Crippen LogP contribution in [0.4, 0.5) is 4.39 Å². The summed E-state index contributed by atoms with van der Waals surface area (Å²) in [5, 5.41) is 0. The standard InChI is InChI=1S/C10H21FO/c1-3-4-5-6-7-12-9-10(2)8-11/h10H,3-9H2,1-2H3. The molecule has 1 unspecified atom stereocenters. The van der Waals surface area contributed by atoms with Crippen LogP contribution in [0.1, 0.15) is 39.5 Å². The molecule has 0 saturated heterocycles.